The molecule has 150 valence electrons. The Labute approximate surface area is 164 Å². The van der Waals surface area contributed by atoms with Gasteiger partial charge >= 0.3 is 0 Å². The molecule has 0 spiro atoms. The lowest BCUT2D eigenvalue weighted by Crippen LogP contribution is -2.34. The third kappa shape index (κ3) is 3.58. The Morgan fingerprint density at radius 1 is 1.21 bits per heavy atom. The molecule has 0 atom stereocenters. The van der Waals surface area contributed by atoms with E-state index in [0.717, 1.165) is 25.7 Å². The minimum atomic E-state index is -3.59. The predicted molar refractivity (Wildman–Crippen MR) is 103 cm³/mol. The van der Waals surface area contributed by atoms with E-state index in [9.17, 15) is 17.6 Å². The zero-order chi connectivity index (χ0) is 19.9. The zero-order valence-electron chi connectivity index (χ0n) is 15.8. The average molecular weight is 405 g/mol. The number of benzene rings is 1. The van der Waals surface area contributed by atoms with Crippen molar-refractivity contribution in [2.45, 2.75) is 43.2 Å². The molecule has 2 aromatic rings. The van der Waals surface area contributed by atoms with Crippen LogP contribution in [-0.4, -0.2) is 47.2 Å². The van der Waals surface area contributed by atoms with Gasteiger partial charge in [-0.2, -0.15) is 4.31 Å². The van der Waals surface area contributed by atoms with Gasteiger partial charge < -0.3 is 9.47 Å². The molecule has 2 aliphatic rings. The molecule has 2 fully saturated rings. The number of halogens is 1. The summed E-state index contributed by atoms with van der Waals surface area (Å²) in [4.78, 5) is 15.0. The van der Waals surface area contributed by atoms with Gasteiger partial charge in [0.05, 0.1) is 0 Å². The molecule has 8 heteroatoms. The molecular weight excluding hydrogens is 381 g/mol. The van der Waals surface area contributed by atoms with Crippen LogP contribution in [-0.2, 0) is 23.6 Å². The van der Waals surface area contributed by atoms with Gasteiger partial charge in [0.15, 0.2) is 0 Å². The zero-order valence-corrected chi connectivity index (χ0v) is 16.7. The molecule has 1 aliphatic heterocycles. The van der Waals surface area contributed by atoms with Crippen molar-refractivity contribution in [3.63, 3.8) is 0 Å². The van der Waals surface area contributed by atoms with E-state index in [-0.39, 0.29) is 29.2 Å². The van der Waals surface area contributed by atoms with E-state index in [1.54, 1.807) is 34.7 Å². The summed E-state index contributed by atoms with van der Waals surface area (Å²) in [6.45, 7) is 1.21. The molecule has 1 saturated carbocycles. The lowest BCUT2D eigenvalue weighted by Gasteiger charge is -2.23. The third-order valence-corrected chi connectivity index (χ3v) is 7.31. The van der Waals surface area contributed by atoms with Crippen molar-refractivity contribution < 1.29 is 17.6 Å². The number of hydrogen-bond donors (Lipinski definition) is 0. The molecule has 1 aliphatic carbocycles. The molecule has 0 radical (unpaired) electrons. The molecule has 0 N–H and O–H groups in total. The Kier molecular flexibility index (Phi) is 5.01. The van der Waals surface area contributed by atoms with E-state index in [4.69, 9.17) is 0 Å². The van der Waals surface area contributed by atoms with Gasteiger partial charge in [-0.3, -0.25) is 4.79 Å². The normalized spacial score (nSPS) is 17.8. The third-order valence-electron chi connectivity index (χ3n) is 5.45. The van der Waals surface area contributed by atoms with Gasteiger partial charge in [0.1, 0.15) is 16.4 Å². The van der Waals surface area contributed by atoms with Gasteiger partial charge in [0.25, 0.3) is 5.91 Å². The number of aryl methyl sites for hydroxylation is 1. The molecular formula is C20H24FN3O3S. The highest BCUT2D eigenvalue weighted by Gasteiger charge is 2.36. The standard InChI is InChI=1S/C20H24FN3O3S/c1-22-14-17(28(26,27)23-10-4-5-11-23)12-19(22)20(25)24(16-8-9-16)13-15-6-2-3-7-18(15)21/h2-3,6-7,12,14,16H,4-5,8-11,13H2,1H3. The van der Waals surface area contributed by atoms with Gasteiger partial charge in [0.2, 0.25) is 10.0 Å². The van der Waals surface area contributed by atoms with Crippen LogP contribution in [0.25, 0.3) is 0 Å². The molecule has 4 rings (SSSR count). The van der Waals surface area contributed by atoms with E-state index >= 15 is 0 Å². The van der Waals surface area contributed by atoms with E-state index in [2.05, 4.69) is 0 Å². The molecule has 1 aromatic heterocycles. The van der Waals surface area contributed by atoms with E-state index in [1.165, 1.54) is 22.6 Å². The van der Waals surface area contributed by atoms with Crippen LogP contribution < -0.4 is 0 Å². The topological polar surface area (TPSA) is 62.6 Å². The highest BCUT2D eigenvalue weighted by atomic mass is 32.2. The molecule has 1 aromatic carbocycles. The minimum Gasteiger partial charge on any atom is -0.345 e. The number of hydrogen-bond acceptors (Lipinski definition) is 3. The maximum absolute atomic E-state index is 14.1. The SMILES string of the molecule is Cn1cc(S(=O)(=O)N2CCCC2)cc1C(=O)N(Cc1ccccc1F)C1CC1. The molecule has 0 unspecified atom stereocenters. The van der Waals surface area contributed by atoms with Gasteiger partial charge in [-0.1, -0.05) is 18.2 Å². The second-order valence-corrected chi connectivity index (χ2v) is 9.48. The van der Waals surface area contributed by atoms with Crippen molar-refractivity contribution in [3.8, 4) is 0 Å². The van der Waals surface area contributed by atoms with Crippen LogP contribution in [0.5, 0.6) is 0 Å². The summed E-state index contributed by atoms with van der Waals surface area (Å²) in [5.41, 5.74) is 0.767. The van der Waals surface area contributed by atoms with Crippen molar-refractivity contribution in [3.05, 3.63) is 53.6 Å². The first-order valence-corrected chi connectivity index (χ1v) is 11.0. The summed E-state index contributed by atoms with van der Waals surface area (Å²) >= 11 is 0. The summed E-state index contributed by atoms with van der Waals surface area (Å²) < 4.78 is 42.7. The number of nitrogens with zero attached hydrogens (tertiary/aromatic N) is 3. The fraction of sp³-hybridized carbons (Fsp3) is 0.450. The van der Waals surface area contributed by atoms with Gasteiger partial charge in [-0.05, 0) is 37.8 Å². The van der Waals surface area contributed by atoms with Crippen molar-refractivity contribution in [1.29, 1.82) is 0 Å². The van der Waals surface area contributed by atoms with Crippen molar-refractivity contribution in [1.82, 2.24) is 13.8 Å². The number of sulfonamides is 1. The van der Waals surface area contributed by atoms with E-state index in [1.807, 2.05) is 0 Å². The van der Waals surface area contributed by atoms with E-state index < -0.39 is 10.0 Å². The fourth-order valence-corrected chi connectivity index (χ4v) is 5.26. The van der Waals surface area contributed by atoms with Gasteiger partial charge in [-0.25, -0.2) is 12.8 Å². The Morgan fingerprint density at radius 3 is 2.54 bits per heavy atom. The van der Waals surface area contributed by atoms with Crippen molar-refractivity contribution in [2.75, 3.05) is 13.1 Å². The lowest BCUT2D eigenvalue weighted by molar-refractivity contribution is 0.0718. The average Bonchev–Trinajstić information content (AvgIpc) is 3.17. The van der Waals surface area contributed by atoms with Crippen LogP contribution in [0.1, 0.15) is 41.7 Å². The van der Waals surface area contributed by atoms with Crippen LogP contribution in [0.3, 0.4) is 0 Å². The predicted octanol–water partition coefficient (Wildman–Crippen LogP) is 2.75. The monoisotopic (exact) mass is 405 g/mol. The molecule has 28 heavy (non-hydrogen) atoms. The second-order valence-electron chi connectivity index (χ2n) is 7.54. The first-order chi connectivity index (χ1) is 13.4. The number of aromatic nitrogens is 1. The first-order valence-electron chi connectivity index (χ1n) is 9.59. The van der Waals surface area contributed by atoms with Crippen LogP contribution in [0.4, 0.5) is 4.39 Å². The Balaban J connectivity index is 1.61. The van der Waals surface area contributed by atoms with Crippen molar-refractivity contribution in [2.24, 2.45) is 7.05 Å². The Morgan fingerprint density at radius 2 is 1.89 bits per heavy atom. The smallest absolute Gasteiger partial charge is 0.271 e. The summed E-state index contributed by atoms with van der Waals surface area (Å²) in [6, 6.07) is 7.94. The minimum absolute atomic E-state index is 0.0700. The van der Waals surface area contributed by atoms with Gasteiger partial charge in [0, 0.05) is 44.5 Å². The quantitative estimate of drug-likeness (QED) is 0.742. The second kappa shape index (κ2) is 7.33. The number of rotatable bonds is 6. The van der Waals surface area contributed by atoms with Crippen LogP contribution >= 0.6 is 0 Å². The lowest BCUT2D eigenvalue weighted by atomic mass is 10.2. The first kappa shape index (κ1) is 19.1. The maximum Gasteiger partial charge on any atom is 0.271 e. The van der Waals surface area contributed by atoms with Gasteiger partial charge in [-0.15, -0.1) is 0 Å². The molecule has 0 bridgehead atoms. The number of carbonyl (C=O) groups is 1. The highest BCUT2D eigenvalue weighted by Crippen LogP contribution is 2.31. The Hall–Kier alpha value is -2.19. The highest BCUT2D eigenvalue weighted by molar-refractivity contribution is 7.89. The summed E-state index contributed by atoms with van der Waals surface area (Å²) in [7, 11) is -1.92. The molecule has 6 nitrogen and oxygen atoms in total. The van der Waals surface area contributed by atoms with E-state index in [0.29, 0.717) is 24.3 Å². The van der Waals surface area contributed by atoms with Crippen LogP contribution in [0.2, 0.25) is 0 Å². The Bertz CT molecular complexity index is 992. The largest absolute Gasteiger partial charge is 0.345 e. The van der Waals surface area contributed by atoms with Crippen LogP contribution in [0.15, 0.2) is 41.4 Å². The summed E-state index contributed by atoms with van der Waals surface area (Å²) in [6.07, 6.45) is 4.97. The molecule has 2 heterocycles. The fourth-order valence-electron chi connectivity index (χ4n) is 3.68. The van der Waals surface area contributed by atoms with Crippen molar-refractivity contribution >= 4 is 15.9 Å². The summed E-state index contributed by atoms with van der Waals surface area (Å²) in [5, 5.41) is 0. The number of amides is 1. The molecule has 1 amide bonds. The summed E-state index contributed by atoms with van der Waals surface area (Å²) in [5.74, 6) is -0.610. The number of carbonyl (C=O) groups excluding carboxylic acids is 1. The molecule has 1 saturated heterocycles. The van der Waals surface area contributed by atoms with Crippen LogP contribution in [0, 0.1) is 5.82 Å². The maximum atomic E-state index is 14.1.